The zero-order valence-electron chi connectivity index (χ0n) is 15.5. The molecule has 1 aromatic carbocycles. The van der Waals surface area contributed by atoms with Crippen LogP contribution in [-0.4, -0.2) is 52.4 Å². The molecule has 7 nitrogen and oxygen atoms in total. The number of pyridine rings is 1. The Kier molecular flexibility index (Phi) is 4.27. The summed E-state index contributed by atoms with van der Waals surface area (Å²) < 4.78 is 6.96. The number of likely N-dealkylation sites (N-methyl/N-ethyl adjacent to an activating group) is 1. The van der Waals surface area contributed by atoms with Crippen molar-refractivity contribution in [3.63, 3.8) is 0 Å². The van der Waals surface area contributed by atoms with E-state index in [9.17, 15) is 4.79 Å². The van der Waals surface area contributed by atoms with Gasteiger partial charge in [-0.25, -0.2) is 14.5 Å². The van der Waals surface area contributed by atoms with Crippen molar-refractivity contribution in [2.75, 3.05) is 25.6 Å². The molecule has 0 aliphatic carbocycles. The standard InChI is InChI=1S/C20H21N5O2/c1-14-13-24(20(26)23(14)2)18-11-17(15-7-5-4-6-8-15)25(22-18)16-9-10-19(27-3)21-12-16/h4-12,14H,13H2,1-3H3. The van der Waals surface area contributed by atoms with Gasteiger partial charge in [-0.2, -0.15) is 0 Å². The molecule has 1 fully saturated rings. The Hall–Kier alpha value is -3.35. The van der Waals surface area contributed by atoms with Crippen molar-refractivity contribution in [3.8, 4) is 22.8 Å². The van der Waals surface area contributed by atoms with Crippen molar-refractivity contribution in [2.45, 2.75) is 13.0 Å². The molecule has 1 atom stereocenters. The summed E-state index contributed by atoms with van der Waals surface area (Å²) in [4.78, 5) is 20.3. The predicted octanol–water partition coefficient (Wildman–Crippen LogP) is 3.20. The minimum atomic E-state index is -0.0420. The number of carbonyl (C=O) groups excluding carboxylic acids is 1. The Morgan fingerprint density at radius 3 is 2.52 bits per heavy atom. The van der Waals surface area contributed by atoms with E-state index < -0.39 is 0 Å². The van der Waals surface area contributed by atoms with Crippen LogP contribution in [-0.2, 0) is 0 Å². The maximum absolute atomic E-state index is 12.6. The number of anilines is 1. The minimum absolute atomic E-state index is 0.0420. The molecule has 0 saturated carbocycles. The van der Waals surface area contributed by atoms with E-state index in [2.05, 4.69) is 4.98 Å². The zero-order chi connectivity index (χ0) is 19.0. The topological polar surface area (TPSA) is 63.5 Å². The molecule has 0 N–H and O–H groups in total. The summed E-state index contributed by atoms with van der Waals surface area (Å²) >= 11 is 0. The molecule has 1 aliphatic rings. The van der Waals surface area contributed by atoms with Gasteiger partial charge in [-0.15, -0.1) is 5.10 Å². The van der Waals surface area contributed by atoms with Gasteiger partial charge in [-0.1, -0.05) is 30.3 Å². The third-order valence-corrected chi connectivity index (χ3v) is 4.86. The summed E-state index contributed by atoms with van der Waals surface area (Å²) in [6.07, 6.45) is 1.71. The van der Waals surface area contributed by atoms with Crippen LogP contribution < -0.4 is 9.64 Å². The van der Waals surface area contributed by atoms with E-state index in [1.165, 1.54) is 0 Å². The highest BCUT2D eigenvalue weighted by Gasteiger charge is 2.34. The van der Waals surface area contributed by atoms with Crippen LogP contribution in [0.4, 0.5) is 10.6 Å². The largest absolute Gasteiger partial charge is 0.481 e. The molecule has 1 aliphatic heterocycles. The van der Waals surface area contributed by atoms with Gasteiger partial charge in [-0.3, -0.25) is 4.90 Å². The summed E-state index contributed by atoms with van der Waals surface area (Å²) in [5.74, 6) is 1.17. The quantitative estimate of drug-likeness (QED) is 0.714. The molecule has 3 aromatic rings. The van der Waals surface area contributed by atoms with E-state index >= 15 is 0 Å². The number of rotatable bonds is 4. The van der Waals surface area contributed by atoms with Gasteiger partial charge >= 0.3 is 6.03 Å². The first-order chi connectivity index (χ1) is 13.1. The maximum Gasteiger partial charge on any atom is 0.325 e. The van der Waals surface area contributed by atoms with Crippen LogP contribution in [0, 0.1) is 0 Å². The summed E-state index contributed by atoms with van der Waals surface area (Å²) in [7, 11) is 3.40. The fourth-order valence-electron chi connectivity index (χ4n) is 3.17. The molecule has 27 heavy (non-hydrogen) atoms. The van der Waals surface area contributed by atoms with Crippen molar-refractivity contribution in [1.82, 2.24) is 19.7 Å². The third kappa shape index (κ3) is 3.01. The predicted molar refractivity (Wildman–Crippen MR) is 103 cm³/mol. The Morgan fingerprint density at radius 1 is 1.15 bits per heavy atom. The monoisotopic (exact) mass is 363 g/mol. The number of ether oxygens (including phenoxy) is 1. The van der Waals surface area contributed by atoms with Gasteiger partial charge in [-0.05, 0) is 13.0 Å². The number of carbonyl (C=O) groups is 1. The van der Waals surface area contributed by atoms with Crippen molar-refractivity contribution >= 4 is 11.8 Å². The van der Waals surface area contributed by atoms with Gasteiger partial charge in [0, 0.05) is 37.3 Å². The lowest BCUT2D eigenvalue weighted by atomic mass is 10.1. The normalized spacial score (nSPS) is 16.9. The van der Waals surface area contributed by atoms with E-state index in [0.717, 1.165) is 16.9 Å². The molecule has 1 saturated heterocycles. The first-order valence-corrected chi connectivity index (χ1v) is 8.78. The lowest BCUT2D eigenvalue weighted by Crippen LogP contribution is -2.30. The van der Waals surface area contributed by atoms with Gasteiger partial charge in [0.1, 0.15) is 0 Å². The highest BCUT2D eigenvalue weighted by atomic mass is 16.5. The van der Waals surface area contributed by atoms with Gasteiger partial charge in [0.05, 0.1) is 24.7 Å². The SMILES string of the molecule is COc1ccc(-n2nc(N3CC(C)N(C)C3=O)cc2-c2ccccc2)cn1. The number of aromatic nitrogens is 3. The Labute approximate surface area is 157 Å². The van der Waals surface area contributed by atoms with Crippen LogP contribution >= 0.6 is 0 Å². The van der Waals surface area contributed by atoms with Gasteiger partial charge in [0.15, 0.2) is 5.82 Å². The average Bonchev–Trinajstić information content (AvgIpc) is 3.26. The van der Waals surface area contributed by atoms with E-state index in [4.69, 9.17) is 9.84 Å². The lowest BCUT2D eigenvalue weighted by molar-refractivity contribution is 0.221. The summed E-state index contributed by atoms with van der Waals surface area (Å²) in [6.45, 7) is 2.64. The first-order valence-electron chi connectivity index (χ1n) is 8.78. The third-order valence-electron chi connectivity index (χ3n) is 4.86. The molecule has 4 rings (SSSR count). The molecular formula is C20H21N5O2. The van der Waals surface area contributed by atoms with Crippen LogP contribution in [0.3, 0.4) is 0 Å². The van der Waals surface area contributed by atoms with Crippen molar-refractivity contribution in [2.24, 2.45) is 0 Å². The van der Waals surface area contributed by atoms with Crippen molar-refractivity contribution in [1.29, 1.82) is 0 Å². The average molecular weight is 363 g/mol. The fraction of sp³-hybridized carbons (Fsp3) is 0.250. The molecule has 3 heterocycles. The van der Waals surface area contributed by atoms with Crippen LogP contribution in [0.2, 0.25) is 0 Å². The second-order valence-electron chi connectivity index (χ2n) is 6.58. The second kappa shape index (κ2) is 6.75. The smallest absolute Gasteiger partial charge is 0.325 e. The number of hydrogen-bond donors (Lipinski definition) is 0. The molecule has 0 spiro atoms. The van der Waals surface area contributed by atoms with E-state index in [0.29, 0.717) is 18.2 Å². The molecule has 0 radical (unpaired) electrons. The number of nitrogens with zero attached hydrogens (tertiary/aromatic N) is 5. The number of benzene rings is 1. The zero-order valence-corrected chi connectivity index (χ0v) is 15.5. The maximum atomic E-state index is 12.6. The molecular weight excluding hydrogens is 342 g/mol. The van der Waals surface area contributed by atoms with E-state index in [1.807, 2.05) is 61.1 Å². The number of urea groups is 1. The number of methoxy groups -OCH3 is 1. The lowest BCUT2D eigenvalue weighted by Gasteiger charge is -2.13. The van der Waals surface area contributed by atoms with E-state index in [-0.39, 0.29) is 12.1 Å². The first kappa shape index (κ1) is 17.1. The Morgan fingerprint density at radius 2 is 1.93 bits per heavy atom. The fourth-order valence-corrected chi connectivity index (χ4v) is 3.17. The van der Waals surface area contributed by atoms with Crippen molar-refractivity contribution in [3.05, 3.63) is 54.7 Å². The van der Waals surface area contributed by atoms with Crippen molar-refractivity contribution < 1.29 is 9.53 Å². The molecule has 2 aromatic heterocycles. The molecule has 0 bridgehead atoms. The number of amides is 2. The van der Waals surface area contributed by atoms with Crippen LogP contribution in [0.25, 0.3) is 16.9 Å². The van der Waals surface area contributed by atoms with Crippen LogP contribution in [0.5, 0.6) is 5.88 Å². The molecule has 2 amide bonds. The highest BCUT2D eigenvalue weighted by Crippen LogP contribution is 2.30. The summed E-state index contributed by atoms with van der Waals surface area (Å²) in [5, 5.41) is 4.73. The Bertz CT molecular complexity index is 952. The summed E-state index contributed by atoms with van der Waals surface area (Å²) in [6, 6.07) is 15.7. The molecule has 1 unspecified atom stereocenters. The Balaban J connectivity index is 1.81. The van der Waals surface area contributed by atoms with E-state index in [1.54, 1.807) is 29.2 Å². The number of hydrogen-bond acceptors (Lipinski definition) is 4. The molecule has 138 valence electrons. The van der Waals surface area contributed by atoms with Gasteiger partial charge in [0.25, 0.3) is 0 Å². The highest BCUT2D eigenvalue weighted by molar-refractivity contribution is 5.94. The van der Waals surface area contributed by atoms with Crippen LogP contribution in [0.15, 0.2) is 54.7 Å². The second-order valence-corrected chi connectivity index (χ2v) is 6.58. The summed E-state index contributed by atoms with van der Waals surface area (Å²) in [5.41, 5.74) is 2.71. The molecule has 7 heteroatoms. The van der Waals surface area contributed by atoms with Gasteiger partial charge < -0.3 is 9.64 Å². The van der Waals surface area contributed by atoms with Gasteiger partial charge in [0.2, 0.25) is 5.88 Å². The minimum Gasteiger partial charge on any atom is -0.481 e. The van der Waals surface area contributed by atoms with Crippen LogP contribution in [0.1, 0.15) is 6.92 Å².